The van der Waals surface area contributed by atoms with E-state index >= 15 is 0 Å². The molecule has 1 saturated carbocycles. The minimum Gasteiger partial charge on any atom is -0.345 e. The molecule has 0 aromatic heterocycles. The predicted octanol–water partition coefficient (Wildman–Crippen LogP) is 1.67. The molecule has 1 fully saturated rings. The molecule has 0 spiro atoms. The van der Waals surface area contributed by atoms with Gasteiger partial charge in [0.15, 0.2) is 0 Å². The zero-order valence-electron chi connectivity index (χ0n) is 13.8. The van der Waals surface area contributed by atoms with Crippen LogP contribution in [0, 0.1) is 6.92 Å². The lowest BCUT2D eigenvalue weighted by Gasteiger charge is -2.22. The fourth-order valence-corrected chi connectivity index (χ4v) is 2.36. The number of rotatable bonds is 7. The Morgan fingerprint density at radius 3 is 2.38 bits per heavy atom. The summed E-state index contributed by atoms with van der Waals surface area (Å²) in [7, 11) is 0. The van der Waals surface area contributed by atoms with Crippen LogP contribution >= 0.6 is 11.6 Å². The van der Waals surface area contributed by atoms with Crippen molar-refractivity contribution in [2.45, 2.75) is 38.1 Å². The molecule has 0 radical (unpaired) electrons. The van der Waals surface area contributed by atoms with Gasteiger partial charge in [-0.3, -0.25) is 14.4 Å². The third-order valence-corrected chi connectivity index (χ3v) is 3.89. The van der Waals surface area contributed by atoms with E-state index in [4.69, 9.17) is 11.6 Å². The second kappa shape index (κ2) is 8.15. The van der Waals surface area contributed by atoms with Gasteiger partial charge in [-0.1, -0.05) is 17.7 Å². The Morgan fingerprint density at radius 2 is 1.83 bits per heavy atom. The lowest BCUT2D eigenvalue weighted by atomic mass is 10.2. The van der Waals surface area contributed by atoms with E-state index in [2.05, 4.69) is 10.6 Å². The van der Waals surface area contributed by atoms with E-state index in [0.717, 1.165) is 18.4 Å². The van der Waals surface area contributed by atoms with E-state index < -0.39 is 5.38 Å². The molecule has 0 aliphatic heterocycles. The molecule has 1 aliphatic rings. The first-order chi connectivity index (χ1) is 11.4. The van der Waals surface area contributed by atoms with Crippen LogP contribution in [-0.4, -0.2) is 47.1 Å². The molecule has 1 unspecified atom stereocenters. The summed E-state index contributed by atoms with van der Waals surface area (Å²) in [6.45, 7) is 3.33. The third-order valence-electron chi connectivity index (χ3n) is 3.71. The van der Waals surface area contributed by atoms with Gasteiger partial charge in [0.2, 0.25) is 17.7 Å². The highest BCUT2D eigenvalue weighted by Crippen LogP contribution is 2.27. The van der Waals surface area contributed by atoms with Crippen molar-refractivity contribution in [2.75, 3.05) is 18.4 Å². The molecule has 1 aromatic rings. The summed E-state index contributed by atoms with van der Waals surface area (Å²) >= 11 is 5.82. The van der Waals surface area contributed by atoms with Crippen molar-refractivity contribution >= 4 is 35.0 Å². The lowest BCUT2D eigenvalue weighted by Crippen LogP contribution is -2.45. The van der Waals surface area contributed by atoms with Gasteiger partial charge in [0.05, 0.1) is 13.1 Å². The average Bonchev–Trinajstić information content (AvgIpc) is 3.37. The number of nitrogens with zero attached hydrogens (tertiary/aromatic N) is 1. The van der Waals surface area contributed by atoms with E-state index in [0.29, 0.717) is 5.69 Å². The SMILES string of the molecule is Cc1ccc(NC(=O)CNC(=O)CN(C(=O)C(C)Cl)C2CC2)cc1. The Morgan fingerprint density at radius 1 is 1.21 bits per heavy atom. The number of hydrogen-bond donors (Lipinski definition) is 2. The van der Waals surface area contributed by atoms with Crippen LogP contribution in [0.25, 0.3) is 0 Å². The van der Waals surface area contributed by atoms with Crippen molar-refractivity contribution in [3.8, 4) is 0 Å². The largest absolute Gasteiger partial charge is 0.345 e. The van der Waals surface area contributed by atoms with E-state index in [1.807, 2.05) is 19.1 Å². The molecule has 2 N–H and O–H groups in total. The number of carbonyl (C=O) groups excluding carboxylic acids is 3. The highest BCUT2D eigenvalue weighted by Gasteiger charge is 2.35. The quantitative estimate of drug-likeness (QED) is 0.733. The van der Waals surface area contributed by atoms with Gasteiger partial charge in [-0.25, -0.2) is 0 Å². The Bertz CT molecular complexity index is 612. The maximum Gasteiger partial charge on any atom is 0.243 e. The number of benzene rings is 1. The summed E-state index contributed by atoms with van der Waals surface area (Å²) in [6, 6.07) is 7.46. The van der Waals surface area contributed by atoms with Crippen LogP contribution in [0.3, 0.4) is 0 Å². The summed E-state index contributed by atoms with van der Waals surface area (Å²) in [6.07, 6.45) is 1.77. The van der Waals surface area contributed by atoms with Crippen LogP contribution in [0.4, 0.5) is 5.69 Å². The smallest absolute Gasteiger partial charge is 0.243 e. The van der Waals surface area contributed by atoms with Crippen molar-refractivity contribution in [3.63, 3.8) is 0 Å². The maximum absolute atomic E-state index is 12.0. The third kappa shape index (κ3) is 5.53. The summed E-state index contributed by atoms with van der Waals surface area (Å²) in [5.74, 6) is -0.938. The normalized spacial score (nSPS) is 14.6. The maximum atomic E-state index is 12.0. The number of nitrogens with one attached hydrogen (secondary N) is 2. The Labute approximate surface area is 146 Å². The molecule has 2 rings (SSSR count). The zero-order chi connectivity index (χ0) is 17.7. The first-order valence-electron chi connectivity index (χ1n) is 7.94. The van der Waals surface area contributed by atoms with Crippen molar-refractivity contribution in [1.82, 2.24) is 10.2 Å². The number of carbonyl (C=O) groups is 3. The molecule has 130 valence electrons. The second-order valence-corrected chi connectivity index (χ2v) is 6.66. The standard InChI is InChI=1S/C17H22ClN3O3/c1-11-3-5-13(6-4-11)20-15(22)9-19-16(23)10-21(14-7-8-14)17(24)12(2)18/h3-6,12,14H,7-10H2,1-2H3,(H,19,23)(H,20,22). The molecule has 1 atom stereocenters. The monoisotopic (exact) mass is 351 g/mol. The highest BCUT2D eigenvalue weighted by molar-refractivity contribution is 6.30. The van der Waals surface area contributed by atoms with Crippen LogP contribution < -0.4 is 10.6 Å². The fourth-order valence-electron chi connectivity index (χ4n) is 2.23. The van der Waals surface area contributed by atoms with Crippen molar-refractivity contribution in [1.29, 1.82) is 0 Å². The minimum absolute atomic E-state index is 0.0711. The molecule has 0 saturated heterocycles. The lowest BCUT2D eigenvalue weighted by molar-refractivity contribution is -0.136. The van der Waals surface area contributed by atoms with Gasteiger partial charge < -0.3 is 15.5 Å². The molecule has 24 heavy (non-hydrogen) atoms. The number of anilines is 1. The van der Waals surface area contributed by atoms with Crippen LogP contribution in [0.5, 0.6) is 0 Å². The molecular formula is C17H22ClN3O3. The van der Waals surface area contributed by atoms with Crippen LogP contribution in [0.15, 0.2) is 24.3 Å². The van der Waals surface area contributed by atoms with Crippen LogP contribution in [-0.2, 0) is 14.4 Å². The molecule has 1 aliphatic carbocycles. The minimum atomic E-state index is -0.664. The van der Waals surface area contributed by atoms with Gasteiger partial charge in [-0.2, -0.15) is 0 Å². The van der Waals surface area contributed by atoms with Gasteiger partial charge in [0, 0.05) is 11.7 Å². The molecule has 0 heterocycles. The first-order valence-corrected chi connectivity index (χ1v) is 8.38. The number of hydrogen-bond acceptors (Lipinski definition) is 3. The summed E-state index contributed by atoms with van der Waals surface area (Å²) in [4.78, 5) is 37.3. The molecule has 1 aromatic carbocycles. The number of alkyl halides is 1. The van der Waals surface area contributed by atoms with Gasteiger partial charge in [0.1, 0.15) is 5.38 Å². The van der Waals surface area contributed by atoms with E-state index in [1.165, 1.54) is 4.90 Å². The summed E-state index contributed by atoms with van der Waals surface area (Å²) < 4.78 is 0. The van der Waals surface area contributed by atoms with Crippen LogP contribution in [0.2, 0.25) is 0 Å². The molecule has 3 amide bonds. The average molecular weight is 352 g/mol. The van der Waals surface area contributed by atoms with Crippen LogP contribution in [0.1, 0.15) is 25.3 Å². The van der Waals surface area contributed by atoms with Gasteiger partial charge >= 0.3 is 0 Å². The Hall–Kier alpha value is -2.08. The van der Waals surface area contributed by atoms with Gasteiger partial charge in [0.25, 0.3) is 0 Å². The van der Waals surface area contributed by atoms with Crippen molar-refractivity contribution in [2.24, 2.45) is 0 Å². The predicted molar refractivity (Wildman–Crippen MR) is 92.9 cm³/mol. The molecule has 7 heteroatoms. The Kier molecular flexibility index (Phi) is 6.20. The van der Waals surface area contributed by atoms with E-state index in [-0.39, 0.29) is 36.9 Å². The van der Waals surface area contributed by atoms with Gasteiger partial charge in [-0.05, 0) is 38.8 Å². The fraction of sp³-hybridized carbons (Fsp3) is 0.471. The highest BCUT2D eigenvalue weighted by atomic mass is 35.5. The molecule has 6 nitrogen and oxygen atoms in total. The van der Waals surface area contributed by atoms with Crippen molar-refractivity contribution in [3.05, 3.63) is 29.8 Å². The molecular weight excluding hydrogens is 330 g/mol. The van der Waals surface area contributed by atoms with E-state index in [1.54, 1.807) is 19.1 Å². The van der Waals surface area contributed by atoms with E-state index in [9.17, 15) is 14.4 Å². The first kappa shape index (κ1) is 18.3. The van der Waals surface area contributed by atoms with Crippen molar-refractivity contribution < 1.29 is 14.4 Å². The van der Waals surface area contributed by atoms with Gasteiger partial charge in [-0.15, -0.1) is 11.6 Å². The topological polar surface area (TPSA) is 78.5 Å². The Balaban J connectivity index is 1.78. The summed E-state index contributed by atoms with van der Waals surface area (Å²) in [5.41, 5.74) is 1.77. The number of halogens is 1. The summed E-state index contributed by atoms with van der Waals surface area (Å²) in [5, 5.41) is 4.57. The number of amides is 3. The zero-order valence-corrected chi connectivity index (χ0v) is 14.6. The molecule has 0 bridgehead atoms. The second-order valence-electron chi connectivity index (χ2n) is 6.00. The number of aryl methyl sites for hydroxylation is 1.